The summed E-state index contributed by atoms with van der Waals surface area (Å²) in [5.74, 6) is 0.728. The molecule has 4 rings (SSSR count). The van der Waals surface area contributed by atoms with Crippen LogP contribution in [0.1, 0.15) is 35.4 Å². The highest BCUT2D eigenvalue weighted by atomic mass is 32.1. The zero-order valence-electron chi connectivity index (χ0n) is 11.4. The molecule has 2 aromatic rings. The molecule has 5 nitrogen and oxygen atoms in total. The number of nitrogens with one attached hydrogen (secondary N) is 2. The summed E-state index contributed by atoms with van der Waals surface area (Å²) in [6, 6.07) is 1.13. The van der Waals surface area contributed by atoms with E-state index in [2.05, 4.69) is 15.6 Å². The van der Waals surface area contributed by atoms with E-state index in [0.29, 0.717) is 17.8 Å². The van der Waals surface area contributed by atoms with E-state index < -0.39 is 0 Å². The van der Waals surface area contributed by atoms with Gasteiger partial charge in [0.15, 0.2) is 4.96 Å². The van der Waals surface area contributed by atoms with Gasteiger partial charge in [-0.3, -0.25) is 9.20 Å². The number of aryl methyl sites for hydroxylation is 1. The van der Waals surface area contributed by atoms with Crippen molar-refractivity contribution in [1.82, 2.24) is 20.0 Å². The van der Waals surface area contributed by atoms with Gasteiger partial charge in [-0.15, -0.1) is 11.3 Å². The van der Waals surface area contributed by atoms with E-state index in [0.717, 1.165) is 23.1 Å². The van der Waals surface area contributed by atoms with Gasteiger partial charge < -0.3 is 10.6 Å². The van der Waals surface area contributed by atoms with Crippen LogP contribution in [0, 0.1) is 12.8 Å². The zero-order chi connectivity index (χ0) is 13.7. The summed E-state index contributed by atoms with van der Waals surface area (Å²) < 4.78 is 1.88. The van der Waals surface area contributed by atoms with Crippen LogP contribution in [-0.4, -0.2) is 33.9 Å². The van der Waals surface area contributed by atoms with Crippen molar-refractivity contribution in [2.24, 2.45) is 5.92 Å². The molecule has 0 aromatic carbocycles. The standard InChI is InChI=1S/C14H18N4OS/c1-8-12(18-4-5-20-14(18)16-8)13(19)15-7-11-9-2-3-10(6-9)17-11/h4-5,9-11,17H,2-3,6-7H2,1H3,(H,15,19)/t9-,10+,11+/m0/s1. The van der Waals surface area contributed by atoms with Crippen LogP contribution in [-0.2, 0) is 0 Å². The lowest BCUT2D eigenvalue weighted by Gasteiger charge is -2.23. The second-order valence-corrected chi connectivity index (χ2v) is 6.73. The normalized spacial score (nSPS) is 28.4. The van der Waals surface area contributed by atoms with Crippen LogP contribution in [0.5, 0.6) is 0 Å². The van der Waals surface area contributed by atoms with Crippen LogP contribution in [0.4, 0.5) is 0 Å². The third-order valence-electron chi connectivity index (χ3n) is 4.63. The number of nitrogens with zero attached hydrogens (tertiary/aromatic N) is 2. The van der Waals surface area contributed by atoms with Crippen molar-refractivity contribution in [1.29, 1.82) is 0 Å². The average Bonchev–Trinajstić information content (AvgIpc) is 3.14. The summed E-state index contributed by atoms with van der Waals surface area (Å²) in [6.07, 6.45) is 5.79. The Hall–Kier alpha value is -1.40. The summed E-state index contributed by atoms with van der Waals surface area (Å²) in [5, 5.41) is 8.63. The highest BCUT2D eigenvalue weighted by Gasteiger charge is 2.38. The van der Waals surface area contributed by atoms with Crippen LogP contribution in [0.25, 0.3) is 4.96 Å². The minimum atomic E-state index is -0.0158. The van der Waals surface area contributed by atoms with E-state index in [4.69, 9.17) is 0 Å². The number of piperidine rings is 1. The first-order chi connectivity index (χ1) is 9.72. The van der Waals surface area contributed by atoms with Crippen molar-refractivity contribution in [3.05, 3.63) is 23.0 Å². The minimum absolute atomic E-state index is 0.0158. The Balaban J connectivity index is 1.47. The molecule has 1 saturated heterocycles. The number of fused-ring (bicyclic) bond motifs is 3. The fourth-order valence-electron chi connectivity index (χ4n) is 3.65. The van der Waals surface area contributed by atoms with E-state index in [9.17, 15) is 4.79 Å². The predicted octanol–water partition coefficient (Wildman–Crippen LogP) is 1.57. The van der Waals surface area contributed by atoms with Gasteiger partial charge >= 0.3 is 0 Å². The molecule has 2 N–H and O–H groups in total. The first kappa shape index (κ1) is 12.3. The SMILES string of the molecule is Cc1nc2sccn2c1C(=O)NC[C@H]1N[C@@H]2CC[C@H]1C2. The molecule has 1 amide bonds. The quantitative estimate of drug-likeness (QED) is 0.902. The van der Waals surface area contributed by atoms with Crippen molar-refractivity contribution >= 4 is 22.2 Å². The molecular weight excluding hydrogens is 272 g/mol. The van der Waals surface area contributed by atoms with Crippen LogP contribution < -0.4 is 10.6 Å². The highest BCUT2D eigenvalue weighted by molar-refractivity contribution is 7.15. The van der Waals surface area contributed by atoms with E-state index >= 15 is 0 Å². The predicted molar refractivity (Wildman–Crippen MR) is 78.2 cm³/mol. The van der Waals surface area contributed by atoms with Crippen LogP contribution in [0.15, 0.2) is 11.6 Å². The maximum absolute atomic E-state index is 12.4. The zero-order valence-corrected chi connectivity index (χ0v) is 12.2. The van der Waals surface area contributed by atoms with Crippen LogP contribution >= 0.6 is 11.3 Å². The van der Waals surface area contributed by atoms with Gasteiger partial charge in [-0.05, 0) is 32.1 Å². The number of thiazole rings is 1. The Bertz CT molecular complexity index is 661. The van der Waals surface area contributed by atoms with Gasteiger partial charge in [0.05, 0.1) is 5.69 Å². The largest absolute Gasteiger partial charge is 0.349 e. The maximum atomic E-state index is 12.4. The summed E-state index contributed by atoms with van der Waals surface area (Å²) in [4.78, 5) is 17.7. The smallest absolute Gasteiger partial charge is 0.270 e. The third kappa shape index (κ3) is 1.86. The molecule has 0 radical (unpaired) electrons. The van der Waals surface area contributed by atoms with Crippen molar-refractivity contribution in [3.63, 3.8) is 0 Å². The summed E-state index contributed by atoms with van der Waals surface area (Å²) >= 11 is 1.55. The number of imidazole rings is 1. The minimum Gasteiger partial charge on any atom is -0.349 e. The number of carbonyl (C=O) groups is 1. The number of hydrogen-bond acceptors (Lipinski definition) is 4. The molecule has 106 valence electrons. The van der Waals surface area contributed by atoms with E-state index in [1.165, 1.54) is 19.3 Å². The summed E-state index contributed by atoms with van der Waals surface area (Å²) in [5.41, 5.74) is 1.47. The molecule has 2 bridgehead atoms. The number of rotatable bonds is 3. The molecule has 2 aromatic heterocycles. The molecule has 2 aliphatic rings. The lowest BCUT2D eigenvalue weighted by atomic mass is 10.00. The topological polar surface area (TPSA) is 58.4 Å². The van der Waals surface area contributed by atoms with Gasteiger partial charge in [-0.2, -0.15) is 0 Å². The van der Waals surface area contributed by atoms with Gasteiger partial charge in [0.1, 0.15) is 5.69 Å². The molecule has 1 aliphatic carbocycles. The first-order valence-electron chi connectivity index (χ1n) is 7.19. The Morgan fingerprint density at radius 3 is 3.25 bits per heavy atom. The number of amides is 1. The van der Waals surface area contributed by atoms with E-state index in [1.807, 2.05) is 22.9 Å². The Labute approximate surface area is 121 Å². The van der Waals surface area contributed by atoms with Crippen LogP contribution in [0.3, 0.4) is 0 Å². The van der Waals surface area contributed by atoms with E-state index in [-0.39, 0.29) is 5.91 Å². The van der Waals surface area contributed by atoms with Gasteiger partial charge in [0, 0.05) is 30.2 Å². The number of hydrogen-bond donors (Lipinski definition) is 2. The van der Waals surface area contributed by atoms with E-state index in [1.54, 1.807) is 11.3 Å². The maximum Gasteiger partial charge on any atom is 0.270 e. The Morgan fingerprint density at radius 1 is 1.60 bits per heavy atom. The fourth-order valence-corrected chi connectivity index (χ4v) is 4.41. The third-order valence-corrected chi connectivity index (χ3v) is 5.38. The summed E-state index contributed by atoms with van der Waals surface area (Å²) in [6.45, 7) is 2.61. The molecule has 20 heavy (non-hydrogen) atoms. The molecule has 1 aliphatic heterocycles. The highest BCUT2D eigenvalue weighted by Crippen LogP contribution is 2.34. The molecule has 2 fully saturated rings. The van der Waals surface area contributed by atoms with Gasteiger partial charge in [-0.1, -0.05) is 0 Å². The van der Waals surface area contributed by atoms with Gasteiger partial charge in [0.25, 0.3) is 5.91 Å². The molecular formula is C14H18N4OS. The monoisotopic (exact) mass is 290 g/mol. The molecule has 3 heterocycles. The lowest BCUT2D eigenvalue weighted by molar-refractivity contribution is 0.0940. The molecule has 0 spiro atoms. The second-order valence-electron chi connectivity index (χ2n) is 5.85. The van der Waals surface area contributed by atoms with Gasteiger partial charge in [0.2, 0.25) is 0 Å². The molecule has 3 atom stereocenters. The number of aromatic nitrogens is 2. The summed E-state index contributed by atoms with van der Waals surface area (Å²) in [7, 11) is 0. The molecule has 1 saturated carbocycles. The fraction of sp³-hybridized carbons (Fsp3) is 0.571. The van der Waals surface area contributed by atoms with Crippen molar-refractivity contribution in [3.8, 4) is 0 Å². The average molecular weight is 290 g/mol. The van der Waals surface area contributed by atoms with Crippen molar-refractivity contribution in [2.45, 2.75) is 38.3 Å². The Kier molecular flexibility index (Phi) is 2.82. The second kappa shape index (κ2) is 4.56. The van der Waals surface area contributed by atoms with Crippen LogP contribution in [0.2, 0.25) is 0 Å². The first-order valence-corrected chi connectivity index (χ1v) is 8.07. The Morgan fingerprint density at radius 2 is 2.50 bits per heavy atom. The van der Waals surface area contributed by atoms with Crippen molar-refractivity contribution in [2.75, 3.05) is 6.54 Å². The molecule has 6 heteroatoms. The number of carbonyl (C=O) groups excluding carboxylic acids is 1. The van der Waals surface area contributed by atoms with Gasteiger partial charge in [-0.25, -0.2) is 4.98 Å². The lowest BCUT2D eigenvalue weighted by Crippen LogP contribution is -2.44. The molecule has 0 unspecified atom stereocenters. The van der Waals surface area contributed by atoms with Crippen molar-refractivity contribution < 1.29 is 4.79 Å².